The molecule has 0 unspecified atom stereocenters. The molecule has 0 radical (unpaired) electrons. The van der Waals surface area contributed by atoms with Crippen molar-refractivity contribution in [1.82, 2.24) is 10.2 Å². The molecule has 0 aliphatic carbocycles. The third-order valence-corrected chi connectivity index (χ3v) is 6.43. The molecule has 8 heteroatoms. The average molecular weight is 393 g/mol. The van der Waals surface area contributed by atoms with Crippen LogP contribution in [0, 0.1) is 11.7 Å². The van der Waals surface area contributed by atoms with Gasteiger partial charge in [0, 0.05) is 31.1 Å². The number of halogens is 1. The molecule has 0 atom stereocenters. The van der Waals surface area contributed by atoms with Gasteiger partial charge in [0.25, 0.3) is 10.0 Å². The molecule has 2 heterocycles. The number of piperidine rings is 1. The summed E-state index contributed by atoms with van der Waals surface area (Å²) in [6.07, 6.45) is 2.22. The Morgan fingerprint density at radius 1 is 1.26 bits per heavy atom. The van der Waals surface area contributed by atoms with Gasteiger partial charge in [-0.1, -0.05) is 19.1 Å². The van der Waals surface area contributed by atoms with Crippen molar-refractivity contribution in [3.8, 4) is 0 Å². The highest BCUT2D eigenvalue weighted by Gasteiger charge is 2.35. The van der Waals surface area contributed by atoms with Gasteiger partial charge in [-0.05, 0) is 43.9 Å². The maximum Gasteiger partial charge on any atom is 0.285 e. The topological polar surface area (TPSA) is 78.8 Å². The van der Waals surface area contributed by atoms with Gasteiger partial charge in [0.1, 0.15) is 16.6 Å². The highest BCUT2D eigenvalue weighted by Crippen LogP contribution is 2.34. The van der Waals surface area contributed by atoms with Gasteiger partial charge in [-0.2, -0.15) is 8.42 Å². The molecule has 0 saturated carbocycles. The van der Waals surface area contributed by atoms with Crippen molar-refractivity contribution in [3.05, 3.63) is 41.2 Å². The molecule has 0 aromatic heterocycles. The molecule has 1 fully saturated rings. The van der Waals surface area contributed by atoms with E-state index in [2.05, 4.69) is 9.71 Å². The fraction of sp³-hybridized carbons (Fsp3) is 0.474. The van der Waals surface area contributed by atoms with E-state index in [1.165, 1.54) is 24.3 Å². The number of hydrogen-bond donors (Lipinski definition) is 1. The van der Waals surface area contributed by atoms with Crippen LogP contribution < -0.4 is 5.32 Å². The van der Waals surface area contributed by atoms with Crippen LogP contribution in [-0.2, 0) is 14.8 Å². The Labute approximate surface area is 159 Å². The van der Waals surface area contributed by atoms with Gasteiger partial charge in [-0.25, -0.2) is 4.39 Å². The number of hydrogen-bond acceptors (Lipinski definition) is 4. The monoisotopic (exact) mass is 393 g/mol. The van der Waals surface area contributed by atoms with Crippen LogP contribution in [0.2, 0.25) is 0 Å². The smallest absolute Gasteiger partial charge is 0.285 e. The summed E-state index contributed by atoms with van der Waals surface area (Å²) in [6.45, 7) is 5.56. The molecule has 6 nitrogen and oxygen atoms in total. The molecular formula is C19H24FN3O3S. The molecule has 1 aromatic carbocycles. The van der Waals surface area contributed by atoms with E-state index in [1.807, 2.05) is 11.8 Å². The van der Waals surface area contributed by atoms with Crippen LogP contribution in [0.3, 0.4) is 0 Å². The van der Waals surface area contributed by atoms with Crippen molar-refractivity contribution >= 4 is 26.7 Å². The van der Waals surface area contributed by atoms with E-state index < -0.39 is 15.8 Å². The van der Waals surface area contributed by atoms with Crippen LogP contribution in [0.4, 0.5) is 4.39 Å². The van der Waals surface area contributed by atoms with Crippen molar-refractivity contribution in [2.75, 3.05) is 19.6 Å². The number of amidine groups is 1. The van der Waals surface area contributed by atoms with Crippen LogP contribution in [0.25, 0.3) is 4.91 Å². The maximum absolute atomic E-state index is 13.2. The Balaban J connectivity index is 1.76. The lowest BCUT2D eigenvalue weighted by Crippen LogP contribution is -2.43. The number of nitrogens with one attached hydrogen (secondary N) is 1. The van der Waals surface area contributed by atoms with Gasteiger partial charge in [-0.15, -0.1) is 4.40 Å². The van der Waals surface area contributed by atoms with Crippen LogP contribution in [0.15, 0.2) is 34.2 Å². The summed E-state index contributed by atoms with van der Waals surface area (Å²) >= 11 is 0. The number of carbonyl (C=O) groups is 1. The molecule has 2 aliphatic heterocycles. The molecule has 1 N–H and O–H groups in total. The fourth-order valence-corrected chi connectivity index (χ4v) is 5.01. The van der Waals surface area contributed by atoms with Crippen LogP contribution in [-0.4, -0.2) is 44.7 Å². The fourth-order valence-electron chi connectivity index (χ4n) is 3.53. The van der Waals surface area contributed by atoms with Crippen molar-refractivity contribution in [3.63, 3.8) is 0 Å². The number of sulfonamides is 1. The second-order valence-corrected chi connectivity index (χ2v) is 8.44. The standard InChI is InChI=1S/C19H24FN3O3S/c1-3-10-21-19(24)15-8-11-23(12-9-15)18-13(2)17(27(25,26)22-18)14-4-6-16(20)7-5-14/h4-7,15H,3,8-12H2,1-2H3,(H,21,24). The molecule has 0 bridgehead atoms. The summed E-state index contributed by atoms with van der Waals surface area (Å²) in [5.74, 6) is 0.0303. The zero-order valence-electron chi connectivity index (χ0n) is 15.5. The quantitative estimate of drug-likeness (QED) is 0.853. The Kier molecular flexibility index (Phi) is 5.64. The Morgan fingerprint density at radius 2 is 1.89 bits per heavy atom. The number of nitrogens with zero attached hydrogens (tertiary/aromatic N) is 2. The first-order valence-corrected chi connectivity index (χ1v) is 10.6. The van der Waals surface area contributed by atoms with Crippen molar-refractivity contribution < 1.29 is 17.6 Å². The van der Waals surface area contributed by atoms with E-state index in [1.54, 1.807) is 6.92 Å². The molecule has 1 aromatic rings. The molecule has 3 rings (SSSR count). The van der Waals surface area contributed by atoms with Crippen molar-refractivity contribution in [2.45, 2.75) is 33.1 Å². The lowest BCUT2D eigenvalue weighted by atomic mass is 9.95. The predicted molar refractivity (Wildman–Crippen MR) is 103 cm³/mol. The predicted octanol–water partition coefficient (Wildman–Crippen LogP) is 2.54. The number of rotatable bonds is 4. The number of likely N-dealkylation sites (tertiary alicyclic amines) is 1. The molecule has 146 valence electrons. The van der Waals surface area contributed by atoms with E-state index in [9.17, 15) is 17.6 Å². The lowest BCUT2D eigenvalue weighted by Gasteiger charge is -2.32. The third kappa shape index (κ3) is 4.05. The van der Waals surface area contributed by atoms with Gasteiger partial charge in [-0.3, -0.25) is 4.79 Å². The van der Waals surface area contributed by atoms with E-state index in [-0.39, 0.29) is 16.7 Å². The van der Waals surface area contributed by atoms with Crippen LogP contribution >= 0.6 is 0 Å². The van der Waals surface area contributed by atoms with Gasteiger partial charge >= 0.3 is 0 Å². The molecule has 27 heavy (non-hydrogen) atoms. The minimum atomic E-state index is -3.82. The zero-order valence-corrected chi connectivity index (χ0v) is 16.4. The van der Waals surface area contributed by atoms with Gasteiger partial charge in [0.15, 0.2) is 0 Å². The van der Waals surface area contributed by atoms with Crippen molar-refractivity contribution in [2.24, 2.45) is 10.3 Å². The van der Waals surface area contributed by atoms with Crippen molar-refractivity contribution in [1.29, 1.82) is 0 Å². The Bertz CT molecular complexity index is 883. The zero-order chi connectivity index (χ0) is 19.6. The second kappa shape index (κ2) is 7.80. The summed E-state index contributed by atoms with van der Waals surface area (Å²) in [6, 6.07) is 5.38. The van der Waals surface area contributed by atoms with E-state index >= 15 is 0 Å². The second-order valence-electron chi connectivity index (χ2n) is 6.90. The summed E-state index contributed by atoms with van der Waals surface area (Å²) in [5, 5.41) is 2.92. The van der Waals surface area contributed by atoms with E-state index in [0.29, 0.717) is 49.4 Å². The molecule has 0 spiro atoms. The Hall–Kier alpha value is -2.22. The maximum atomic E-state index is 13.2. The molecular weight excluding hydrogens is 369 g/mol. The van der Waals surface area contributed by atoms with Gasteiger partial charge < -0.3 is 10.2 Å². The van der Waals surface area contributed by atoms with Crippen LogP contribution in [0.1, 0.15) is 38.7 Å². The first-order valence-electron chi connectivity index (χ1n) is 9.18. The molecule has 2 aliphatic rings. The summed E-state index contributed by atoms with van der Waals surface area (Å²) < 4.78 is 42.3. The minimum Gasteiger partial charge on any atom is -0.356 e. The third-order valence-electron chi connectivity index (χ3n) is 4.96. The SMILES string of the molecule is CCCNC(=O)C1CCN(C2=NS(=O)(=O)C(c3ccc(F)cc3)=C2C)CC1. The van der Waals surface area contributed by atoms with Gasteiger partial charge in [0.05, 0.1) is 0 Å². The number of benzene rings is 1. The Morgan fingerprint density at radius 3 is 2.48 bits per heavy atom. The number of amides is 1. The largest absolute Gasteiger partial charge is 0.356 e. The highest BCUT2D eigenvalue weighted by atomic mass is 32.2. The summed E-state index contributed by atoms with van der Waals surface area (Å²) in [5.41, 5.74) is 0.997. The minimum absolute atomic E-state index is 0.0488. The van der Waals surface area contributed by atoms with Gasteiger partial charge in [0.2, 0.25) is 5.91 Å². The average Bonchev–Trinajstić information content (AvgIpc) is 2.90. The molecule has 1 saturated heterocycles. The summed E-state index contributed by atoms with van der Waals surface area (Å²) in [7, 11) is -3.82. The number of carbonyl (C=O) groups excluding carboxylic acids is 1. The summed E-state index contributed by atoms with van der Waals surface area (Å²) in [4.78, 5) is 14.2. The van der Waals surface area contributed by atoms with Crippen LogP contribution in [0.5, 0.6) is 0 Å². The lowest BCUT2D eigenvalue weighted by molar-refractivity contribution is -0.126. The normalized spacial score (nSPS) is 20.0. The molecule has 1 amide bonds. The highest BCUT2D eigenvalue weighted by molar-refractivity contribution is 8.00. The first kappa shape index (κ1) is 19.5. The van der Waals surface area contributed by atoms with E-state index in [0.717, 1.165) is 6.42 Å². The van der Waals surface area contributed by atoms with E-state index in [4.69, 9.17) is 0 Å². The first-order chi connectivity index (χ1) is 12.8.